The van der Waals surface area contributed by atoms with Gasteiger partial charge in [-0.15, -0.1) is 0 Å². The Labute approximate surface area is 931 Å². The zero-order valence-corrected chi connectivity index (χ0v) is 73.6. The first-order valence-corrected chi connectivity index (χ1v) is 42.9. The van der Waals surface area contributed by atoms with E-state index in [-0.39, 0.29) is 123 Å². The van der Waals surface area contributed by atoms with Crippen molar-refractivity contribution in [1.29, 1.82) is 0 Å². The lowest BCUT2D eigenvalue weighted by atomic mass is 9.81. The molecule has 0 aromatic heterocycles. The second kappa shape index (κ2) is 49.1. The van der Waals surface area contributed by atoms with Gasteiger partial charge in [-0.1, -0.05) is 72.5 Å². The summed E-state index contributed by atoms with van der Waals surface area (Å²) in [6.45, 7) is -48.2. The predicted molar refractivity (Wildman–Crippen MR) is 529 cm³/mol. The van der Waals surface area contributed by atoms with Gasteiger partial charge in [-0.25, -0.2) is 26.3 Å². The number of piperidine rings is 6. The van der Waals surface area contributed by atoms with Gasteiger partial charge in [0, 0.05) is 145 Å². The average Bonchev–Trinajstić information content (AvgIpc) is 1.41. The van der Waals surface area contributed by atoms with E-state index in [0.717, 1.165) is 36.4 Å². The van der Waals surface area contributed by atoms with Gasteiger partial charge >= 0.3 is 0 Å². The van der Waals surface area contributed by atoms with Crippen molar-refractivity contribution in [1.82, 2.24) is 31.9 Å². The Morgan fingerprint density at radius 2 is 0.500 bits per heavy atom. The number of nitrogens with one attached hydrogen (secondary N) is 6. The summed E-state index contributed by atoms with van der Waals surface area (Å²) in [6.07, 6.45) is -10.8. The maximum Gasteiger partial charge on any atom is 0.231 e. The topological polar surface area (TPSA) is 238 Å². The van der Waals surface area contributed by atoms with E-state index < -0.39 is 461 Å². The number of hydrogen-bond acceptors (Lipinski definition) is 24. The van der Waals surface area contributed by atoms with E-state index in [2.05, 4.69) is 31.9 Å². The molecule has 0 spiro atoms. The van der Waals surface area contributed by atoms with Gasteiger partial charge in [0.2, 0.25) is 40.5 Å². The summed E-state index contributed by atoms with van der Waals surface area (Å²) in [5.74, 6) is -37.7. The van der Waals surface area contributed by atoms with Crippen LogP contribution in [0.1, 0.15) is 202 Å². The third-order valence-corrected chi connectivity index (χ3v) is 20.9. The van der Waals surface area contributed by atoms with Crippen molar-refractivity contribution in [3.63, 3.8) is 0 Å². The second-order valence-corrected chi connectivity index (χ2v) is 30.2. The van der Waals surface area contributed by atoms with E-state index in [0.29, 0.717) is 0 Å². The summed E-state index contributed by atoms with van der Waals surface area (Å²) in [4.78, 5) is 0. The Hall–Kier alpha value is -13.6. The van der Waals surface area contributed by atoms with Crippen molar-refractivity contribution in [3.8, 4) is 103 Å². The minimum Gasteiger partial charge on any atom is -0.493 e. The molecule has 12 aromatic rings. The van der Waals surface area contributed by atoms with Crippen LogP contribution in [0, 0.1) is 70.3 Å². The highest BCUT2D eigenvalue weighted by Crippen LogP contribution is 2.45. The van der Waals surface area contributed by atoms with E-state index in [1.807, 2.05) is 0 Å². The quantitative estimate of drug-likeness (QED) is 0.0308. The van der Waals surface area contributed by atoms with Crippen LogP contribution >= 0.6 is 0 Å². The lowest BCUT2D eigenvalue weighted by molar-refractivity contribution is 0.173. The molecule has 756 valence electrons. The summed E-state index contributed by atoms with van der Waals surface area (Å²) in [7, 11) is 0. The third-order valence-electron chi connectivity index (χ3n) is 20.9. The van der Waals surface area contributed by atoms with E-state index >= 15 is 0 Å². The molecule has 6 fully saturated rings. The van der Waals surface area contributed by atoms with Crippen LogP contribution in [0.4, 0.5) is 26.3 Å². The van der Waals surface area contributed by atoms with E-state index in [1.54, 1.807) is 0 Å². The summed E-state index contributed by atoms with van der Waals surface area (Å²) in [5.41, 5.74) is -4.11. The van der Waals surface area contributed by atoms with E-state index in [1.165, 1.54) is 72.8 Å². The summed E-state index contributed by atoms with van der Waals surface area (Å²) >= 11 is 0. The van der Waals surface area contributed by atoms with Gasteiger partial charge in [0.05, 0.1) is 83.3 Å². The largest absolute Gasteiger partial charge is 0.493 e. The number of ether oxygens (including phenoxy) is 18. The lowest BCUT2D eigenvalue weighted by Crippen LogP contribution is -2.38. The van der Waals surface area contributed by atoms with Gasteiger partial charge in [0.15, 0.2) is 69.0 Å². The molecule has 6 unspecified atom stereocenters. The Balaban J connectivity index is 0.000000150. The van der Waals surface area contributed by atoms with Gasteiger partial charge in [-0.2, -0.15) is 0 Å². The maximum atomic E-state index is 14.2. The molecule has 0 saturated carbocycles. The summed E-state index contributed by atoms with van der Waals surface area (Å²) in [6, 6.07) is -2.31. The first-order valence-electron chi connectivity index (χ1n) is 77.4. The molecular formula is C114H120F6N6O18. The molecular weight excluding hydrogens is 1860 g/mol. The highest BCUT2D eigenvalue weighted by Gasteiger charge is 2.35. The monoisotopic (exact) mass is 2040 g/mol. The molecule has 12 aliphatic rings. The highest BCUT2D eigenvalue weighted by molar-refractivity contribution is 5.52. The summed E-state index contributed by atoms with van der Waals surface area (Å²) < 4.78 is 742. The molecule has 24 nitrogen and oxygen atoms in total. The smallest absolute Gasteiger partial charge is 0.231 e. The lowest BCUT2D eigenvalue weighted by Gasteiger charge is -2.32. The first-order chi connectivity index (χ1) is 97.2. The zero-order chi connectivity index (χ0) is 159. The highest BCUT2D eigenvalue weighted by atomic mass is 19.1. The fourth-order valence-corrected chi connectivity index (χ4v) is 14.0. The van der Waals surface area contributed by atoms with Crippen molar-refractivity contribution >= 4 is 0 Å². The molecule has 12 aliphatic heterocycles. The Bertz CT molecular complexity index is 9980. The van der Waals surface area contributed by atoms with Crippen molar-refractivity contribution in [2.45, 2.75) is 73.8 Å². The van der Waals surface area contributed by atoms with Crippen LogP contribution < -0.4 is 117 Å². The number of hydrogen-bond donors (Lipinski definition) is 6. The molecule has 30 heteroatoms. The zero-order valence-electron chi connectivity index (χ0n) is 143. The SMILES string of the molecule is [2H]c1c([2H])c(C2([2H])CCNC([2H])([2H])[C@H]2C([2H])([2H])Oc2ccc3c(c2)OC([2H])([2H])O3)c([2H])c([2H])c1F.[2H]c1c([2H])c(C2([2H])CCNC([2H])([2H])[C@]2([2H])C([2H])([2H])Oc2ccc3c(c2)OC([2H])([2H])O3)c([2H])c([2H])c1F.[2H]c1c([2H])c(C2C([2H])([2H])CNC([2H])([2H])[C@]2([2H])C([2H])([2H])Oc2ccc3c(c2)OC([2H])([2H])O3)c([2H])c([2H])c1F.[2H]c1c([2H])c(C2C([2H])([2H])CNC([2H])([2H])[C@]2([2H])COc2ccc3c(c2)OC([2H])([2H])O3)c([2H])c([2H])c1F.[2H]c1c([2H])c(C2[C@H](C([2H])([2H])Oc3ccc4c(c3)OC([2H])([2H])O4)C([2H])([2H])NCC2([2H])[2H])c([2H])c([2H])c1F.[2H]c1c([2H])c(C2[C@H](COc3ccc4c(c3)OC([2H])([2H])O4)C([2H])([2H])NCC2([2H])[2H])c([2H])c([2H])c1F. The molecule has 0 bridgehead atoms. The van der Waals surface area contributed by atoms with Gasteiger partial charge in [-0.3, -0.25) is 0 Å². The van der Waals surface area contributed by atoms with Crippen LogP contribution in [0.2, 0.25) is 0 Å². The van der Waals surface area contributed by atoms with Crippen LogP contribution in [-0.2, 0) is 0 Å². The molecule has 12 aromatic carbocycles. The van der Waals surface area contributed by atoms with Crippen molar-refractivity contribution in [2.75, 3.05) is 158 Å². The van der Waals surface area contributed by atoms with E-state index in [9.17, 15) is 26.3 Å². The predicted octanol–water partition coefficient (Wildman–Crippen LogP) is 20.0. The summed E-state index contributed by atoms with van der Waals surface area (Å²) in [5, 5.41) is 14.0. The number of rotatable bonds is 24. The fourth-order valence-electron chi connectivity index (χ4n) is 14.0. The van der Waals surface area contributed by atoms with Crippen LogP contribution in [0.5, 0.6) is 103 Å². The van der Waals surface area contributed by atoms with Crippen molar-refractivity contribution in [3.05, 3.63) is 322 Å². The van der Waals surface area contributed by atoms with Crippen LogP contribution in [-0.4, -0.2) is 158 Å². The molecule has 0 radical (unpaired) electrons. The van der Waals surface area contributed by atoms with Gasteiger partial charge in [0.25, 0.3) is 0 Å². The van der Waals surface area contributed by atoms with Crippen LogP contribution in [0.25, 0.3) is 0 Å². The Kier molecular flexibility index (Phi) is 15.8. The molecule has 12 heterocycles. The van der Waals surface area contributed by atoms with Gasteiger partial charge < -0.3 is 117 Å². The van der Waals surface area contributed by atoms with E-state index in [4.69, 9.17) is 180 Å². The molecule has 0 amide bonds. The van der Waals surface area contributed by atoms with Crippen LogP contribution in [0.3, 0.4) is 0 Å². The number of halogens is 6. The average molecular weight is 2050 g/mol. The minimum atomic E-state index is -3.45. The second-order valence-electron chi connectivity index (χ2n) is 30.2. The number of benzene rings is 12. The first kappa shape index (κ1) is 46.2. The Morgan fingerprint density at radius 3 is 0.889 bits per heavy atom. The van der Waals surface area contributed by atoms with Crippen molar-refractivity contribution < 1.29 is 206 Å². The molecule has 12 atom stereocenters. The Morgan fingerprint density at radius 1 is 0.250 bits per heavy atom. The van der Waals surface area contributed by atoms with Crippen molar-refractivity contribution in [2.24, 2.45) is 35.4 Å². The van der Waals surface area contributed by atoms with Crippen LogP contribution in [0.15, 0.2) is 254 Å². The van der Waals surface area contributed by atoms with Gasteiger partial charge in [0.1, 0.15) is 85.8 Å². The molecule has 0 aliphatic carbocycles. The molecule has 144 heavy (non-hydrogen) atoms. The third kappa shape index (κ3) is 26.5. The number of fused-ring (bicyclic) bond motifs is 6. The van der Waals surface area contributed by atoms with Gasteiger partial charge in [-0.05, 0) is 292 Å². The fraction of sp³-hybridized carbons (Fsp3) is 0.368. The molecule has 24 rings (SSSR count). The standard InChI is InChI=1S/6C19H20FNO3/c6*20-15-3-1-13(2-4-15)17-7-8-21-10-14(17)11-22-16-5-6-18-19(9-16)24-12-23-18/h6*1-6,9,14,17,21H,7-8,10-12H2/t6*14-,17?/m111000/s1/i1D,2D,3D,4D,10D2,11D2,12D2,14D,17D;1D,2D,3D,4D,7D2,10D2,11D2,12D2,14D;1D,2D,3D,4D,7D2,10D2,12D2,14D;1D,2D,3D,4D,10D2,11D2,12D2,17D;1D,2D,3D,4D,7D2,10D2,11D2,12D2;1D,2D,3D,4D,7D2,10D2,12D2. The normalized spacial score (nSPS) is 37.9. The molecule has 6 saturated heterocycles. The minimum absolute atomic E-state index is 0.00624. The maximum absolute atomic E-state index is 14.2. The molecule has 6 N–H and O–H groups in total.